The number of nitrogens with one attached hydrogen (secondary N) is 1. The van der Waals surface area contributed by atoms with Crippen LogP contribution in [0.1, 0.15) is 17.5 Å². The van der Waals surface area contributed by atoms with Crippen LogP contribution >= 0.6 is 28.3 Å². The summed E-state index contributed by atoms with van der Waals surface area (Å²) in [6.45, 7) is 4.48. The molecule has 0 aromatic heterocycles. The van der Waals surface area contributed by atoms with Crippen molar-refractivity contribution in [1.29, 1.82) is 0 Å². The lowest BCUT2D eigenvalue weighted by molar-refractivity contribution is 0.579. The number of rotatable bonds is 5. The highest BCUT2D eigenvalue weighted by molar-refractivity contribution is 9.10. The van der Waals surface area contributed by atoms with Gasteiger partial charge in [0.15, 0.2) is 0 Å². The molecule has 0 radical (unpaired) electrons. The van der Waals surface area contributed by atoms with Crippen molar-refractivity contribution in [3.8, 4) is 0 Å². The molecule has 0 atom stereocenters. The second kappa shape index (κ2) is 7.45. The van der Waals surface area contributed by atoms with Gasteiger partial charge in [0.2, 0.25) is 10.0 Å². The van der Waals surface area contributed by atoms with Gasteiger partial charge in [-0.05, 0) is 50.1 Å². The molecule has 7 heteroatoms. The number of aryl methyl sites for hydroxylation is 2. The molecule has 0 spiro atoms. The number of benzene rings is 1. The normalized spacial score (nSPS) is 11.1. The van der Waals surface area contributed by atoms with E-state index >= 15 is 0 Å². The Bertz CT molecular complexity index is 506. The molecule has 0 unspecified atom stereocenters. The SMILES string of the molecule is Cc1cc(S(=O)(=O)NCCCN)c(C)cc1Br.Cl. The molecule has 0 bridgehead atoms. The summed E-state index contributed by atoms with van der Waals surface area (Å²) in [7, 11) is -3.43. The molecule has 0 amide bonds. The van der Waals surface area contributed by atoms with Crippen molar-refractivity contribution in [1.82, 2.24) is 4.72 Å². The average molecular weight is 358 g/mol. The molecule has 4 nitrogen and oxygen atoms in total. The van der Waals surface area contributed by atoms with Crippen molar-refractivity contribution in [2.75, 3.05) is 13.1 Å². The average Bonchev–Trinajstić information content (AvgIpc) is 2.23. The number of sulfonamides is 1. The topological polar surface area (TPSA) is 72.2 Å². The maximum absolute atomic E-state index is 12.0. The van der Waals surface area contributed by atoms with Crippen molar-refractivity contribution in [3.63, 3.8) is 0 Å². The lowest BCUT2D eigenvalue weighted by atomic mass is 10.2. The van der Waals surface area contributed by atoms with Gasteiger partial charge in [-0.25, -0.2) is 13.1 Å². The van der Waals surface area contributed by atoms with E-state index in [0.29, 0.717) is 24.4 Å². The first-order chi connectivity index (χ1) is 7.88. The minimum absolute atomic E-state index is 0. The maximum atomic E-state index is 12.0. The van der Waals surface area contributed by atoms with Gasteiger partial charge in [-0.2, -0.15) is 0 Å². The van der Waals surface area contributed by atoms with Gasteiger partial charge in [0.25, 0.3) is 0 Å². The van der Waals surface area contributed by atoms with E-state index in [2.05, 4.69) is 20.7 Å². The van der Waals surface area contributed by atoms with Crippen molar-refractivity contribution in [2.24, 2.45) is 5.73 Å². The largest absolute Gasteiger partial charge is 0.330 e. The summed E-state index contributed by atoms with van der Waals surface area (Å²) in [5.41, 5.74) is 6.95. The molecule has 0 aliphatic carbocycles. The Morgan fingerprint density at radius 1 is 1.28 bits per heavy atom. The third kappa shape index (κ3) is 4.51. The Hall–Kier alpha value is -0.140. The number of hydrogen-bond donors (Lipinski definition) is 2. The first-order valence-corrected chi connectivity index (χ1v) is 7.62. The summed E-state index contributed by atoms with van der Waals surface area (Å²) in [4.78, 5) is 0.329. The van der Waals surface area contributed by atoms with Crippen LogP contribution in [0.5, 0.6) is 0 Å². The Morgan fingerprint density at radius 3 is 2.44 bits per heavy atom. The van der Waals surface area contributed by atoms with Crippen LogP contribution in [0.3, 0.4) is 0 Å². The van der Waals surface area contributed by atoms with E-state index in [1.54, 1.807) is 13.0 Å². The molecule has 1 aromatic carbocycles. The van der Waals surface area contributed by atoms with Crippen LogP contribution < -0.4 is 10.5 Å². The first kappa shape index (κ1) is 17.9. The monoisotopic (exact) mass is 356 g/mol. The zero-order valence-corrected chi connectivity index (χ0v) is 13.6. The van der Waals surface area contributed by atoms with Crippen LogP contribution in [0.4, 0.5) is 0 Å². The van der Waals surface area contributed by atoms with Crippen LogP contribution in [0.2, 0.25) is 0 Å². The van der Waals surface area contributed by atoms with Crippen LogP contribution in [-0.4, -0.2) is 21.5 Å². The van der Waals surface area contributed by atoms with Crippen LogP contribution in [-0.2, 0) is 10.0 Å². The van der Waals surface area contributed by atoms with Gasteiger partial charge in [0.1, 0.15) is 0 Å². The zero-order valence-electron chi connectivity index (χ0n) is 10.4. The highest BCUT2D eigenvalue weighted by atomic mass is 79.9. The second-order valence-corrected chi connectivity index (χ2v) is 6.50. The third-order valence-electron chi connectivity index (χ3n) is 2.42. The standard InChI is InChI=1S/C11H17BrN2O2S.ClH/c1-8-7-11(9(2)6-10(8)12)17(15,16)14-5-3-4-13;/h6-7,14H,3-5,13H2,1-2H3;1H. The summed E-state index contributed by atoms with van der Waals surface area (Å²) < 4.78 is 27.5. The van der Waals surface area contributed by atoms with Gasteiger partial charge in [-0.1, -0.05) is 15.9 Å². The summed E-state index contributed by atoms with van der Waals surface area (Å²) in [6, 6.07) is 3.48. The maximum Gasteiger partial charge on any atom is 0.240 e. The molecule has 1 rings (SSSR count). The van der Waals surface area contributed by atoms with Gasteiger partial charge in [-0.3, -0.25) is 0 Å². The van der Waals surface area contributed by atoms with Crippen molar-refractivity contribution >= 4 is 38.4 Å². The predicted molar refractivity (Wildman–Crippen MR) is 79.7 cm³/mol. The molecule has 0 heterocycles. The smallest absolute Gasteiger partial charge is 0.240 e. The predicted octanol–water partition coefficient (Wildman–Crippen LogP) is 2.11. The van der Waals surface area contributed by atoms with Crippen LogP contribution in [0.25, 0.3) is 0 Å². The van der Waals surface area contributed by atoms with E-state index in [4.69, 9.17) is 5.73 Å². The Kier molecular flexibility index (Phi) is 7.39. The molecule has 0 saturated heterocycles. The highest BCUT2D eigenvalue weighted by Crippen LogP contribution is 2.24. The molecule has 104 valence electrons. The van der Waals surface area contributed by atoms with Gasteiger partial charge < -0.3 is 5.73 Å². The summed E-state index contributed by atoms with van der Waals surface area (Å²) >= 11 is 3.38. The van der Waals surface area contributed by atoms with E-state index in [1.807, 2.05) is 13.0 Å². The molecule has 0 saturated carbocycles. The second-order valence-electron chi connectivity index (χ2n) is 3.91. The van der Waals surface area contributed by atoms with Gasteiger partial charge >= 0.3 is 0 Å². The molecule has 18 heavy (non-hydrogen) atoms. The highest BCUT2D eigenvalue weighted by Gasteiger charge is 2.17. The molecule has 0 aliphatic rings. The van der Waals surface area contributed by atoms with E-state index < -0.39 is 10.0 Å². The summed E-state index contributed by atoms with van der Waals surface area (Å²) in [6.07, 6.45) is 0.633. The zero-order chi connectivity index (χ0) is 13.1. The quantitative estimate of drug-likeness (QED) is 0.793. The molecule has 1 aromatic rings. The molecule has 0 aliphatic heterocycles. The third-order valence-corrected chi connectivity index (χ3v) is 4.88. The van der Waals surface area contributed by atoms with E-state index in [-0.39, 0.29) is 12.4 Å². The van der Waals surface area contributed by atoms with E-state index in [9.17, 15) is 8.42 Å². The number of nitrogens with two attached hydrogens (primary N) is 1. The van der Waals surface area contributed by atoms with Crippen LogP contribution in [0.15, 0.2) is 21.5 Å². The van der Waals surface area contributed by atoms with Crippen molar-refractivity contribution < 1.29 is 8.42 Å². The van der Waals surface area contributed by atoms with Crippen molar-refractivity contribution in [3.05, 3.63) is 27.7 Å². The fourth-order valence-corrected chi connectivity index (χ4v) is 3.27. The van der Waals surface area contributed by atoms with Gasteiger partial charge in [0.05, 0.1) is 4.90 Å². The Morgan fingerprint density at radius 2 is 1.89 bits per heavy atom. The molecule has 3 N–H and O–H groups in total. The van der Waals surface area contributed by atoms with Crippen LogP contribution in [0, 0.1) is 13.8 Å². The molecular weight excluding hydrogens is 340 g/mol. The summed E-state index contributed by atoms with van der Waals surface area (Å²) in [5.74, 6) is 0. The Labute approximate surface area is 123 Å². The summed E-state index contributed by atoms with van der Waals surface area (Å²) in [5, 5.41) is 0. The van der Waals surface area contributed by atoms with Gasteiger partial charge in [-0.15, -0.1) is 12.4 Å². The van der Waals surface area contributed by atoms with E-state index in [0.717, 1.165) is 15.6 Å². The number of halogens is 2. The fraction of sp³-hybridized carbons (Fsp3) is 0.455. The molecule has 0 fully saturated rings. The Balaban J connectivity index is 0.00000289. The number of hydrogen-bond acceptors (Lipinski definition) is 3. The lowest BCUT2D eigenvalue weighted by Crippen LogP contribution is -2.27. The van der Waals surface area contributed by atoms with Gasteiger partial charge in [0, 0.05) is 11.0 Å². The first-order valence-electron chi connectivity index (χ1n) is 5.35. The lowest BCUT2D eigenvalue weighted by Gasteiger charge is -2.11. The van der Waals surface area contributed by atoms with Crippen molar-refractivity contribution in [2.45, 2.75) is 25.2 Å². The molecular formula is C11H18BrClN2O2S. The minimum Gasteiger partial charge on any atom is -0.330 e. The fourth-order valence-electron chi connectivity index (χ4n) is 1.43. The van der Waals surface area contributed by atoms with E-state index in [1.165, 1.54) is 0 Å². The minimum atomic E-state index is -3.43.